The number of sulfonamides is 1. The smallest absolute Gasteiger partial charge is 0.407 e. The molecule has 32 heavy (non-hydrogen) atoms. The van der Waals surface area contributed by atoms with Gasteiger partial charge in [0, 0.05) is 19.6 Å². The number of alkyl carbamates (subject to hydrolysis) is 1. The molecule has 1 amide bonds. The van der Waals surface area contributed by atoms with E-state index in [-0.39, 0.29) is 18.0 Å². The van der Waals surface area contributed by atoms with Crippen molar-refractivity contribution in [2.24, 2.45) is 0 Å². The number of fused-ring (bicyclic) bond motifs is 1. The maximum absolute atomic E-state index is 12.9. The first-order chi connectivity index (χ1) is 14.9. The third kappa shape index (κ3) is 6.51. The van der Waals surface area contributed by atoms with Gasteiger partial charge in [-0.15, -0.1) is 0 Å². The van der Waals surface area contributed by atoms with E-state index in [1.165, 1.54) is 15.6 Å². The summed E-state index contributed by atoms with van der Waals surface area (Å²) >= 11 is 1.29. The van der Waals surface area contributed by atoms with Crippen LogP contribution in [0.4, 0.5) is 9.93 Å². The van der Waals surface area contributed by atoms with Crippen LogP contribution < -0.4 is 10.6 Å². The number of benzene rings is 1. The van der Waals surface area contributed by atoms with Crippen molar-refractivity contribution in [3.63, 3.8) is 0 Å². The van der Waals surface area contributed by atoms with Crippen LogP contribution in [0.5, 0.6) is 0 Å². The van der Waals surface area contributed by atoms with Gasteiger partial charge in [0.1, 0.15) is 5.60 Å². The van der Waals surface area contributed by atoms with Gasteiger partial charge in [0.2, 0.25) is 10.0 Å². The van der Waals surface area contributed by atoms with Crippen LogP contribution in [-0.4, -0.2) is 79.5 Å². The molecule has 12 heteroatoms. The van der Waals surface area contributed by atoms with Gasteiger partial charge in [0.25, 0.3) is 0 Å². The molecule has 1 aromatic carbocycles. The molecular formula is C20H30N4O6S2. The zero-order chi connectivity index (χ0) is 23.6. The number of carbonyl (C=O) groups is 1. The molecule has 0 saturated carbocycles. The maximum Gasteiger partial charge on any atom is 0.407 e. The number of nitrogens with one attached hydrogen (secondary N) is 2. The number of amides is 1. The molecule has 1 fully saturated rings. The lowest BCUT2D eigenvalue weighted by molar-refractivity contribution is 0.0377. The van der Waals surface area contributed by atoms with E-state index in [0.29, 0.717) is 41.7 Å². The van der Waals surface area contributed by atoms with Crippen LogP contribution in [0.2, 0.25) is 0 Å². The van der Waals surface area contributed by atoms with Crippen molar-refractivity contribution in [1.82, 2.24) is 14.6 Å². The van der Waals surface area contributed by atoms with Crippen LogP contribution in [0.15, 0.2) is 23.1 Å². The molecule has 1 atom stereocenters. The Morgan fingerprint density at radius 2 is 1.94 bits per heavy atom. The van der Waals surface area contributed by atoms with Gasteiger partial charge < -0.3 is 25.2 Å². The second-order valence-electron chi connectivity index (χ2n) is 8.87. The number of hydrogen-bond acceptors (Lipinski definition) is 9. The zero-order valence-corrected chi connectivity index (χ0v) is 20.3. The van der Waals surface area contributed by atoms with E-state index in [4.69, 9.17) is 9.47 Å². The van der Waals surface area contributed by atoms with Gasteiger partial charge in [0.15, 0.2) is 5.13 Å². The van der Waals surface area contributed by atoms with Crippen molar-refractivity contribution in [2.75, 3.05) is 44.7 Å². The topological polar surface area (TPSA) is 130 Å². The highest BCUT2D eigenvalue weighted by Gasteiger charge is 2.27. The summed E-state index contributed by atoms with van der Waals surface area (Å²) in [5.41, 5.74) is -1.21. The highest BCUT2D eigenvalue weighted by molar-refractivity contribution is 7.89. The summed E-state index contributed by atoms with van der Waals surface area (Å²) in [4.78, 5) is 16.5. The van der Waals surface area contributed by atoms with Crippen LogP contribution in [0.25, 0.3) is 10.2 Å². The summed E-state index contributed by atoms with van der Waals surface area (Å²) in [5, 5.41) is 16.7. The van der Waals surface area contributed by atoms with E-state index in [9.17, 15) is 18.3 Å². The Morgan fingerprint density at radius 3 is 2.59 bits per heavy atom. The van der Waals surface area contributed by atoms with Gasteiger partial charge in [-0.25, -0.2) is 18.2 Å². The van der Waals surface area contributed by atoms with E-state index in [2.05, 4.69) is 15.6 Å². The van der Waals surface area contributed by atoms with Gasteiger partial charge in [-0.2, -0.15) is 4.31 Å². The van der Waals surface area contributed by atoms with Gasteiger partial charge in [-0.1, -0.05) is 11.3 Å². The van der Waals surface area contributed by atoms with Crippen LogP contribution in [0.1, 0.15) is 27.7 Å². The normalized spacial score (nSPS) is 17.7. The molecule has 3 rings (SSSR count). The molecule has 1 aliphatic rings. The van der Waals surface area contributed by atoms with E-state index in [0.717, 1.165) is 0 Å². The maximum atomic E-state index is 12.9. The average molecular weight is 487 g/mol. The summed E-state index contributed by atoms with van der Waals surface area (Å²) < 4.78 is 38.3. The average Bonchev–Trinajstić information content (AvgIpc) is 3.13. The fourth-order valence-electron chi connectivity index (χ4n) is 2.98. The second kappa shape index (κ2) is 9.48. The minimum atomic E-state index is -3.59. The molecule has 0 bridgehead atoms. The van der Waals surface area contributed by atoms with Crippen LogP contribution in [0.3, 0.4) is 0 Å². The van der Waals surface area contributed by atoms with Crippen molar-refractivity contribution in [2.45, 2.75) is 43.8 Å². The summed E-state index contributed by atoms with van der Waals surface area (Å²) in [5.74, 6) is 0. The van der Waals surface area contributed by atoms with E-state index in [1.807, 2.05) is 0 Å². The van der Waals surface area contributed by atoms with Crippen molar-refractivity contribution in [1.29, 1.82) is 0 Å². The lowest BCUT2D eigenvalue weighted by atomic mass is 10.1. The first-order valence-corrected chi connectivity index (χ1v) is 12.5. The molecule has 3 N–H and O–H groups in total. The minimum Gasteiger partial charge on any atom is -0.444 e. The molecule has 1 aliphatic heterocycles. The summed E-state index contributed by atoms with van der Waals surface area (Å²) in [6.07, 6.45) is -0.605. The predicted octanol–water partition coefficient (Wildman–Crippen LogP) is 2.00. The number of aliphatic hydroxyl groups is 1. The largest absolute Gasteiger partial charge is 0.444 e. The Hall–Kier alpha value is -1.99. The van der Waals surface area contributed by atoms with Crippen LogP contribution in [0, 0.1) is 0 Å². The molecule has 178 valence electrons. The molecule has 10 nitrogen and oxygen atoms in total. The Labute approximate surface area is 192 Å². The van der Waals surface area contributed by atoms with Crippen LogP contribution >= 0.6 is 11.3 Å². The molecule has 1 unspecified atom stereocenters. The van der Waals surface area contributed by atoms with Gasteiger partial charge in [0.05, 0.1) is 40.5 Å². The number of morpholine rings is 1. The fourth-order valence-corrected chi connectivity index (χ4v) is 5.39. The highest BCUT2D eigenvalue weighted by Crippen LogP contribution is 2.29. The third-order valence-corrected chi connectivity index (χ3v) is 7.47. The quantitative estimate of drug-likeness (QED) is 0.542. The molecule has 1 saturated heterocycles. The Morgan fingerprint density at radius 1 is 1.25 bits per heavy atom. The third-order valence-electron chi connectivity index (χ3n) is 4.60. The van der Waals surface area contributed by atoms with Crippen molar-refractivity contribution >= 4 is 42.8 Å². The summed E-state index contributed by atoms with van der Waals surface area (Å²) in [6, 6.07) is 4.84. The zero-order valence-electron chi connectivity index (χ0n) is 18.7. The van der Waals surface area contributed by atoms with Crippen molar-refractivity contribution < 1.29 is 27.8 Å². The number of thiazole rings is 1. The lowest BCUT2D eigenvalue weighted by Crippen LogP contribution is -2.46. The molecule has 1 aromatic heterocycles. The van der Waals surface area contributed by atoms with E-state index < -0.39 is 27.3 Å². The predicted molar refractivity (Wildman–Crippen MR) is 123 cm³/mol. The highest BCUT2D eigenvalue weighted by atomic mass is 32.2. The van der Waals surface area contributed by atoms with E-state index in [1.54, 1.807) is 45.9 Å². The minimum absolute atomic E-state index is 0.0122. The summed E-state index contributed by atoms with van der Waals surface area (Å²) in [6.45, 7) is 8.42. The number of hydrogen-bond donors (Lipinski definition) is 3. The van der Waals surface area contributed by atoms with Crippen molar-refractivity contribution in [3.8, 4) is 0 Å². The molecular weight excluding hydrogens is 456 g/mol. The molecule has 0 aliphatic carbocycles. The number of anilines is 1. The second-order valence-corrected chi connectivity index (χ2v) is 11.8. The lowest BCUT2D eigenvalue weighted by Gasteiger charge is -2.26. The SMILES string of the molecule is CC(O)(CNC(=O)OC(C)(C)C)CNc1nc2ccc(S(=O)(=O)N3CCOCC3)cc2s1. The molecule has 0 spiro atoms. The molecule has 0 radical (unpaired) electrons. The number of aromatic nitrogens is 1. The van der Waals surface area contributed by atoms with E-state index >= 15 is 0 Å². The number of rotatable bonds is 7. The van der Waals surface area contributed by atoms with Gasteiger partial charge in [-0.3, -0.25) is 0 Å². The van der Waals surface area contributed by atoms with Gasteiger partial charge >= 0.3 is 6.09 Å². The Kier molecular flexibility index (Phi) is 7.30. The van der Waals surface area contributed by atoms with Crippen LogP contribution in [-0.2, 0) is 19.5 Å². The standard InChI is InChI=1S/C20H30N4O6S2/c1-19(2,3)30-18(25)22-13-20(4,26)12-21-17-23-15-6-5-14(11-16(15)31-17)32(27,28)24-7-9-29-10-8-24/h5-6,11,26H,7-10,12-13H2,1-4H3,(H,21,23)(H,22,25). The summed E-state index contributed by atoms with van der Waals surface area (Å²) in [7, 11) is -3.59. The first-order valence-electron chi connectivity index (χ1n) is 10.3. The van der Waals surface area contributed by atoms with Gasteiger partial charge in [-0.05, 0) is 45.9 Å². The first kappa shape index (κ1) is 24.6. The number of ether oxygens (including phenoxy) is 2. The fraction of sp³-hybridized carbons (Fsp3) is 0.600. The van der Waals surface area contributed by atoms with Crippen molar-refractivity contribution in [3.05, 3.63) is 18.2 Å². The molecule has 2 aromatic rings. The molecule has 2 heterocycles. The monoisotopic (exact) mass is 486 g/mol. The Balaban J connectivity index is 1.63. The Bertz CT molecular complexity index is 1060. The number of carbonyl (C=O) groups excluding carboxylic acids is 1. The number of nitrogens with zero attached hydrogens (tertiary/aromatic N) is 2.